The van der Waals surface area contributed by atoms with Gasteiger partial charge in [0.25, 0.3) is 0 Å². The summed E-state index contributed by atoms with van der Waals surface area (Å²) in [4.78, 5) is 20.9. The van der Waals surface area contributed by atoms with Crippen LogP contribution in [0.1, 0.15) is 0 Å². The van der Waals surface area contributed by atoms with Crippen LogP contribution in [0.25, 0.3) is 11.4 Å². The number of hydrogen-bond acceptors (Lipinski definition) is 4. The van der Waals surface area contributed by atoms with E-state index >= 15 is 0 Å². The van der Waals surface area contributed by atoms with Gasteiger partial charge in [0.1, 0.15) is 11.6 Å². The molecule has 0 atom stereocenters. The lowest BCUT2D eigenvalue weighted by Crippen LogP contribution is -2.14. The highest BCUT2D eigenvalue weighted by atomic mass is 35.5. The fraction of sp³-hybridized carbons (Fsp3) is 0.100. The number of nitrogens with one attached hydrogen (secondary N) is 1. The molecule has 0 saturated carbocycles. The van der Waals surface area contributed by atoms with Crippen LogP contribution >= 0.6 is 11.6 Å². The second-order valence-electron chi connectivity index (χ2n) is 3.15. The number of aromatic nitrogens is 3. The van der Waals surface area contributed by atoms with Crippen LogP contribution < -0.4 is 10.4 Å². The summed E-state index contributed by atoms with van der Waals surface area (Å²) in [6.07, 6.45) is 0. The van der Waals surface area contributed by atoms with E-state index in [4.69, 9.17) is 16.3 Å². The van der Waals surface area contributed by atoms with Gasteiger partial charge in [-0.05, 0) is 18.2 Å². The monoisotopic (exact) mass is 255 g/mol. The smallest absolute Gasteiger partial charge is 0.351 e. The van der Waals surface area contributed by atoms with Gasteiger partial charge in [-0.1, -0.05) is 11.6 Å². The molecule has 0 bridgehead atoms. The molecule has 0 fully saturated rings. The van der Waals surface area contributed by atoms with E-state index < -0.39 is 11.5 Å². The molecule has 1 heterocycles. The summed E-state index contributed by atoms with van der Waals surface area (Å²) in [7, 11) is 1.33. The summed E-state index contributed by atoms with van der Waals surface area (Å²) in [5, 5.41) is 0.207. The first-order valence-electron chi connectivity index (χ1n) is 4.57. The van der Waals surface area contributed by atoms with Crippen LogP contribution in [0.4, 0.5) is 4.39 Å². The number of rotatable bonds is 2. The Kier molecular flexibility index (Phi) is 3.06. The van der Waals surface area contributed by atoms with E-state index in [1.54, 1.807) is 0 Å². The second kappa shape index (κ2) is 4.50. The number of methoxy groups -OCH3 is 1. The van der Waals surface area contributed by atoms with Gasteiger partial charge in [-0.15, -0.1) is 4.98 Å². The van der Waals surface area contributed by atoms with Gasteiger partial charge < -0.3 is 4.74 Å². The lowest BCUT2D eigenvalue weighted by molar-refractivity contribution is 0.377. The van der Waals surface area contributed by atoms with Crippen LogP contribution in [-0.4, -0.2) is 22.1 Å². The third-order valence-electron chi connectivity index (χ3n) is 1.95. The van der Waals surface area contributed by atoms with Crippen molar-refractivity contribution in [3.63, 3.8) is 0 Å². The summed E-state index contributed by atoms with van der Waals surface area (Å²) in [6, 6.07) is 3.73. The molecule has 1 aromatic carbocycles. The molecular weight excluding hydrogens is 249 g/mol. The molecule has 2 aromatic rings. The minimum Gasteiger partial charge on any atom is -0.467 e. The van der Waals surface area contributed by atoms with E-state index in [-0.39, 0.29) is 16.9 Å². The van der Waals surface area contributed by atoms with Gasteiger partial charge in [0.15, 0.2) is 0 Å². The third kappa shape index (κ3) is 2.59. The molecule has 5 nitrogen and oxygen atoms in total. The quantitative estimate of drug-likeness (QED) is 0.886. The molecule has 0 spiro atoms. The number of nitrogens with zero attached hydrogens (tertiary/aromatic N) is 2. The highest BCUT2D eigenvalue weighted by molar-refractivity contribution is 6.30. The highest BCUT2D eigenvalue weighted by Gasteiger charge is 2.07. The van der Waals surface area contributed by atoms with Gasteiger partial charge in [0.2, 0.25) is 0 Å². The second-order valence-corrected chi connectivity index (χ2v) is 3.58. The van der Waals surface area contributed by atoms with E-state index in [2.05, 4.69) is 15.0 Å². The first kappa shape index (κ1) is 11.5. The van der Waals surface area contributed by atoms with Crippen molar-refractivity contribution in [3.8, 4) is 17.4 Å². The van der Waals surface area contributed by atoms with Gasteiger partial charge >= 0.3 is 11.7 Å². The molecule has 2 rings (SSSR count). The predicted octanol–water partition coefficient (Wildman–Crippen LogP) is 1.63. The van der Waals surface area contributed by atoms with Crippen LogP contribution in [0.3, 0.4) is 0 Å². The van der Waals surface area contributed by atoms with Crippen molar-refractivity contribution in [1.82, 2.24) is 15.0 Å². The molecule has 0 aliphatic rings. The van der Waals surface area contributed by atoms with Crippen molar-refractivity contribution >= 4 is 11.6 Å². The molecule has 0 unspecified atom stereocenters. The minimum atomic E-state index is -0.632. The molecular formula is C10H7ClFN3O2. The third-order valence-corrected chi connectivity index (χ3v) is 2.17. The van der Waals surface area contributed by atoms with Crippen LogP contribution in [0.5, 0.6) is 6.01 Å². The summed E-state index contributed by atoms with van der Waals surface area (Å²) in [6.45, 7) is 0. The summed E-state index contributed by atoms with van der Waals surface area (Å²) >= 11 is 5.71. The maximum absolute atomic E-state index is 13.1. The maximum Gasteiger partial charge on any atom is 0.351 e. The Balaban J connectivity index is 2.59. The van der Waals surface area contributed by atoms with Gasteiger partial charge in [-0.25, -0.2) is 9.18 Å². The Morgan fingerprint density at radius 2 is 2.12 bits per heavy atom. The average Bonchev–Trinajstić information content (AvgIpc) is 2.26. The Morgan fingerprint density at radius 1 is 1.35 bits per heavy atom. The molecule has 17 heavy (non-hydrogen) atoms. The molecule has 0 aliphatic carbocycles. The zero-order chi connectivity index (χ0) is 12.4. The topological polar surface area (TPSA) is 67.9 Å². The zero-order valence-electron chi connectivity index (χ0n) is 8.70. The van der Waals surface area contributed by atoms with E-state index in [1.165, 1.54) is 19.2 Å². The standard InChI is InChI=1S/C10H7ClFN3O2/c1-17-10-14-8(13-9(16)15-10)5-2-6(11)4-7(12)3-5/h2-4H,1H3,(H,13,14,15,16). The van der Waals surface area contributed by atoms with Crippen molar-refractivity contribution < 1.29 is 9.13 Å². The van der Waals surface area contributed by atoms with E-state index in [9.17, 15) is 9.18 Å². The molecule has 88 valence electrons. The average molecular weight is 256 g/mol. The number of benzene rings is 1. The molecule has 0 saturated heterocycles. The Bertz CT molecular complexity index is 594. The lowest BCUT2D eigenvalue weighted by atomic mass is 10.2. The lowest BCUT2D eigenvalue weighted by Gasteiger charge is -2.03. The van der Waals surface area contributed by atoms with Gasteiger partial charge in [0, 0.05) is 10.6 Å². The van der Waals surface area contributed by atoms with Gasteiger partial charge in [0.05, 0.1) is 7.11 Å². The molecule has 0 aliphatic heterocycles. The number of H-pyrrole nitrogens is 1. The molecule has 1 aromatic heterocycles. The molecule has 0 radical (unpaired) electrons. The first-order chi connectivity index (χ1) is 8.08. The molecule has 0 amide bonds. The Morgan fingerprint density at radius 3 is 2.76 bits per heavy atom. The van der Waals surface area contributed by atoms with Gasteiger partial charge in [-0.2, -0.15) is 4.98 Å². The van der Waals surface area contributed by atoms with Crippen molar-refractivity contribution in [2.45, 2.75) is 0 Å². The summed E-state index contributed by atoms with van der Waals surface area (Å²) < 4.78 is 17.9. The summed E-state index contributed by atoms with van der Waals surface area (Å²) in [5.74, 6) is -0.380. The van der Waals surface area contributed by atoms with Crippen LogP contribution in [-0.2, 0) is 0 Å². The van der Waals surface area contributed by atoms with Crippen molar-refractivity contribution in [1.29, 1.82) is 0 Å². The maximum atomic E-state index is 13.1. The number of halogens is 2. The fourth-order valence-electron chi connectivity index (χ4n) is 1.28. The molecule has 7 heteroatoms. The minimum absolute atomic E-state index is 0.0934. The Labute approximate surface area is 100 Å². The van der Waals surface area contributed by atoms with Gasteiger partial charge in [-0.3, -0.25) is 4.98 Å². The first-order valence-corrected chi connectivity index (χ1v) is 4.95. The van der Waals surface area contributed by atoms with Crippen molar-refractivity contribution in [2.24, 2.45) is 0 Å². The highest BCUT2D eigenvalue weighted by Crippen LogP contribution is 2.21. The predicted molar refractivity (Wildman–Crippen MR) is 59.6 cm³/mol. The fourth-order valence-corrected chi connectivity index (χ4v) is 1.51. The normalized spacial score (nSPS) is 10.3. The SMILES string of the molecule is COc1nc(-c2cc(F)cc(Cl)c2)[nH]c(=O)n1. The zero-order valence-corrected chi connectivity index (χ0v) is 9.45. The van der Waals surface area contributed by atoms with Crippen molar-refractivity contribution in [3.05, 3.63) is 39.5 Å². The van der Waals surface area contributed by atoms with E-state index in [0.29, 0.717) is 5.56 Å². The molecule has 1 N–H and O–H groups in total. The number of hydrogen-bond donors (Lipinski definition) is 1. The number of aromatic amines is 1. The van der Waals surface area contributed by atoms with Crippen molar-refractivity contribution in [2.75, 3.05) is 7.11 Å². The van der Waals surface area contributed by atoms with E-state index in [0.717, 1.165) is 6.07 Å². The number of ether oxygens (including phenoxy) is 1. The van der Waals surface area contributed by atoms with Crippen LogP contribution in [0, 0.1) is 5.82 Å². The largest absolute Gasteiger partial charge is 0.467 e. The van der Waals surface area contributed by atoms with E-state index in [1.807, 2.05) is 0 Å². The summed E-state index contributed by atoms with van der Waals surface area (Å²) in [5.41, 5.74) is -0.292. The van der Waals surface area contributed by atoms with Crippen LogP contribution in [0.2, 0.25) is 5.02 Å². The Hall–Kier alpha value is -1.95. The van der Waals surface area contributed by atoms with Crippen LogP contribution in [0.15, 0.2) is 23.0 Å².